The maximum Gasteiger partial charge on any atom is 0.317 e. The van der Waals surface area contributed by atoms with Gasteiger partial charge in [-0.2, -0.15) is 4.52 Å². The third-order valence-corrected chi connectivity index (χ3v) is 7.74. The molecule has 0 radical (unpaired) electrons. The fraction of sp³-hybridized carbons (Fsp3) is 0.560. The molecule has 5 rings (SSSR count). The summed E-state index contributed by atoms with van der Waals surface area (Å²) in [6.07, 6.45) is 5.97. The number of anilines is 2. The number of fused-ring (bicyclic) bond motifs is 1. The van der Waals surface area contributed by atoms with Crippen LogP contribution in [0, 0.1) is 0 Å². The molecule has 34 heavy (non-hydrogen) atoms. The summed E-state index contributed by atoms with van der Waals surface area (Å²) < 4.78 is 2.00. The van der Waals surface area contributed by atoms with Crippen LogP contribution >= 0.6 is 11.3 Å². The van der Waals surface area contributed by atoms with E-state index in [2.05, 4.69) is 46.7 Å². The lowest BCUT2D eigenvalue weighted by atomic mass is 10.1. The average Bonchev–Trinajstić information content (AvgIpc) is 3.57. The molecule has 2 N–H and O–H groups in total. The third kappa shape index (κ3) is 4.71. The number of hydrogen-bond acceptors (Lipinski definition) is 6. The number of aryl methyl sites for hydroxylation is 1. The van der Waals surface area contributed by atoms with E-state index in [1.807, 2.05) is 23.3 Å². The van der Waals surface area contributed by atoms with E-state index in [0.717, 1.165) is 46.7 Å². The molecule has 2 aromatic heterocycles. The lowest BCUT2D eigenvalue weighted by Gasteiger charge is -2.34. The number of nitrogens with zero attached hydrogens (tertiary/aromatic N) is 5. The molecule has 2 aliphatic rings. The predicted molar refractivity (Wildman–Crippen MR) is 139 cm³/mol. The van der Waals surface area contributed by atoms with E-state index >= 15 is 0 Å². The summed E-state index contributed by atoms with van der Waals surface area (Å²) in [7, 11) is 0. The molecule has 1 aliphatic carbocycles. The molecule has 0 unspecified atom stereocenters. The van der Waals surface area contributed by atoms with E-state index in [1.165, 1.54) is 31.2 Å². The van der Waals surface area contributed by atoms with E-state index in [9.17, 15) is 4.79 Å². The molecule has 9 heteroatoms. The van der Waals surface area contributed by atoms with Crippen molar-refractivity contribution in [3.8, 4) is 11.3 Å². The molecule has 1 saturated heterocycles. The van der Waals surface area contributed by atoms with Crippen LogP contribution in [0.2, 0.25) is 0 Å². The zero-order chi connectivity index (χ0) is 23.7. The number of aromatic nitrogens is 3. The van der Waals surface area contributed by atoms with Crippen LogP contribution in [0.4, 0.5) is 15.7 Å². The molecular formula is C25H35N7OS. The molecule has 8 nitrogen and oxygen atoms in total. The minimum Gasteiger partial charge on any atom is -0.365 e. The first kappa shape index (κ1) is 23.0. The van der Waals surface area contributed by atoms with Crippen LogP contribution in [-0.2, 0) is 6.42 Å². The van der Waals surface area contributed by atoms with E-state index in [-0.39, 0.29) is 12.1 Å². The minimum absolute atomic E-state index is 0.0189. The number of carbonyl (C=O) groups is 1. The van der Waals surface area contributed by atoms with Crippen LogP contribution in [0.25, 0.3) is 16.2 Å². The molecule has 3 aromatic rings. The lowest BCUT2D eigenvalue weighted by molar-refractivity contribution is 0.192. The maximum absolute atomic E-state index is 12.3. The summed E-state index contributed by atoms with van der Waals surface area (Å²) in [5.74, 6) is 1.00. The zero-order valence-corrected chi connectivity index (χ0v) is 21.2. The Morgan fingerprint density at radius 2 is 1.82 bits per heavy atom. The highest BCUT2D eigenvalue weighted by molar-refractivity contribution is 7.20. The van der Waals surface area contributed by atoms with Gasteiger partial charge in [0.2, 0.25) is 10.1 Å². The predicted octanol–water partition coefficient (Wildman–Crippen LogP) is 4.61. The van der Waals surface area contributed by atoms with Crippen molar-refractivity contribution in [2.75, 3.05) is 36.4 Å². The fourth-order valence-electron chi connectivity index (χ4n) is 4.80. The third-order valence-electron chi connectivity index (χ3n) is 6.77. The number of piperazine rings is 1. The van der Waals surface area contributed by atoms with E-state index in [1.54, 1.807) is 11.3 Å². The molecule has 1 aromatic carbocycles. The van der Waals surface area contributed by atoms with Crippen LogP contribution in [0.3, 0.4) is 0 Å². The summed E-state index contributed by atoms with van der Waals surface area (Å²) in [4.78, 5) is 22.4. The van der Waals surface area contributed by atoms with Gasteiger partial charge in [-0.05, 0) is 38.7 Å². The number of carbonyl (C=O) groups excluding carboxylic acids is 1. The highest BCUT2D eigenvalue weighted by atomic mass is 32.1. The Morgan fingerprint density at radius 1 is 1.12 bits per heavy atom. The van der Waals surface area contributed by atoms with E-state index in [4.69, 9.17) is 10.1 Å². The highest BCUT2D eigenvalue weighted by Gasteiger charge is 2.27. The van der Waals surface area contributed by atoms with Gasteiger partial charge in [0.1, 0.15) is 5.69 Å². The Morgan fingerprint density at radius 3 is 2.47 bits per heavy atom. The first-order valence-corrected chi connectivity index (χ1v) is 13.4. The van der Waals surface area contributed by atoms with Gasteiger partial charge in [-0.1, -0.05) is 55.4 Å². The number of hydrogen-bond donors (Lipinski definition) is 2. The zero-order valence-electron chi connectivity index (χ0n) is 20.4. The molecule has 2 fully saturated rings. The number of nitrogens with one attached hydrogen (secondary N) is 2. The van der Waals surface area contributed by atoms with E-state index < -0.39 is 0 Å². The summed E-state index contributed by atoms with van der Waals surface area (Å²) in [5.41, 5.74) is 3.44. The summed E-state index contributed by atoms with van der Waals surface area (Å²) in [5, 5.41) is 12.7. The maximum atomic E-state index is 12.3. The fourth-order valence-corrected chi connectivity index (χ4v) is 5.75. The quantitative estimate of drug-likeness (QED) is 0.537. The molecule has 1 saturated carbocycles. The number of amides is 2. The Labute approximate surface area is 205 Å². The minimum atomic E-state index is 0.0189. The molecule has 182 valence electrons. The van der Waals surface area contributed by atoms with Gasteiger partial charge < -0.3 is 20.4 Å². The molecule has 2 amide bonds. The molecular weight excluding hydrogens is 446 g/mol. The Bertz CT molecular complexity index is 1120. The molecule has 0 atom stereocenters. The van der Waals surface area contributed by atoms with Crippen LogP contribution in [-0.4, -0.2) is 63.8 Å². The van der Waals surface area contributed by atoms with Crippen molar-refractivity contribution in [3.63, 3.8) is 0 Å². The molecule has 3 heterocycles. The summed E-state index contributed by atoms with van der Waals surface area (Å²) in [6, 6.07) is 9.37. The van der Waals surface area contributed by atoms with Crippen LogP contribution < -0.4 is 15.5 Å². The summed E-state index contributed by atoms with van der Waals surface area (Å²) >= 11 is 1.63. The normalized spacial score (nSPS) is 17.2. The number of imidazole rings is 1. The number of benzene rings is 1. The second kappa shape index (κ2) is 9.82. The highest BCUT2D eigenvalue weighted by Crippen LogP contribution is 2.35. The van der Waals surface area contributed by atoms with Gasteiger partial charge in [0.05, 0.1) is 0 Å². The topological polar surface area (TPSA) is 77.8 Å². The first-order valence-electron chi connectivity index (χ1n) is 12.6. The van der Waals surface area contributed by atoms with Crippen LogP contribution in [0.15, 0.2) is 24.3 Å². The second-order valence-corrected chi connectivity index (χ2v) is 10.6. The van der Waals surface area contributed by atoms with Gasteiger partial charge in [-0.3, -0.25) is 0 Å². The number of rotatable bonds is 6. The van der Waals surface area contributed by atoms with Gasteiger partial charge in [0.25, 0.3) is 0 Å². The van der Waals surface area contributed by atoms with Gasteiger partial charge in [0.15, 0.2) is 5.82 Å². The van der Waals surface area contributed by atoms with E-state index in [0.29, 0.717) is 19.1 Å². The Hall–Kier alpha value is -2.81. The Balaban J connectivity index is 1.39. The van der Waals surface area contributed by atoms with Crippen molar-refractivity contribution in [1.29, 1.82) is 0 Å². The Kier molecular flexibility index (Phi) is 6.63. The van der Waals surface area contributed by atoms with Crippen molar-refractivity contribution < 1.29 is 4.79 Å². The SMILES string of the molecule is CCc1ccc(-c2nc3sc(N4CCN(C(=O)NC(C)C)CC4)nn3c2NC2CCCC2)cc1. The van der Waals surface area contributed by atoms with Crippen molar-refractivity contribution in [3.05, 3.63) is 29.8 Å². The van der Waals surface area contributed by atoms with Crippen LogP contribution in [0.1, 0.15) is 52.0 Å². The van der Waals surface area contributed by atoms with Crippen molar-refractivity contribution in [2.45, 2.75) is 65.0 Å². The smallest absolute Gasteiger partial charge is 0.317 e. The molecule has 0 bridgehead atoms. The molecule has 0 spiro atoms. The lowest BCUT2D eigenvalue weighted by Crippen LogP contribution is -2.52. The van der Waals surface area contributed by atoms with Crippen molar-refractivity contribution in [1.82, 2.24) is 24.8 Å². The number of urea groups is 1. The van der Waals surface area contributed by atoms with Gasteiger partial charge in [-0.25, -0.2) is 9.78 Å². The average molecular weight is 482 g/mol. The molecule has 1 aliphatic heterocycles. The monoisotopic (exact) mass is 481 g/mol. The van der Waals surface area contributed by atoms with Crippen LogP contribution in [0.5, 0.6) is 0 Å². The van der Waals surface area contributed by atoms with Crippen molar-refractivity contribution in [2.24, 2.45) is 0 Å². The van der Waals surface area contributed by atoms with Gasteiger partial charge in [-0.15, -0.1) is 5.10 Å². The standard InChI is InChI=1S/C25H35N7OS/c1-4-18-9-11-19(12-10-18)21-22(27-20-7-5-6-8-20)32-24(28-21)34-25(29-32)31-15-13-30(14-16-31)23(33)26-17(2)3/h9-12,17,20,27H,4-8,13-16H2,1-3H3,(H,26,33). The largest absolute Gasteiger partial charge is 0.365 e. The summed E-state index contributed by atoms with van der Waals surface area (Å²) in [6.45, 7) is 9.10. The second-order valence-electron chi connectivity index (χ2n) is 9.64. The van der Waals surface area contributed by atoms with Gasteiger partial charge in [0, 0.05) is 43.8 Å². The van der Waals surface area contributed by atoms with Crippen molar-refractivity contribution >= 4 is 33.3 Å². The van der Waals surface area contributed by atoms with Gasteiger partial charge >= 0.3 is 6.03 Å². The first-order chi connectivity index (χ1) is 16.5.